The minimum Gasteiger partial charge on any atom is -0.450 e. The van der Waals surface area contributed by atoms with Gasteiger partial charge in [0.05, 0.1) is 12.2 Å². The number of rotatable bonds is 5. The van der Waals surface area contributed by atoms with Gasteiger partial charge in [-0.15, -0.1) is 11.3 Å². The fourth-order valence-electron chi connectivity index (χ4n) is 4.75. The van der Waals surface area contributed by atoms with Gasteiger partial charge < -0.3 is 41.0 Å². The summed E-state index contributed by atoms with van der Waals surface area (Å²) in [7, 11) is 1.77. The van der Waals surface area contributed by atoms with Crippen LogP contribution in [0.2, 0.25) is 0 Å². The zero-order valence-electron chi connectivity index (χ0n) is 27.0. The maximum absolute atomic E-state index is 12.7. The molecule has 1 aliphatic rings. The summed E-state index contributed by atoms with van der Waals surface area (Å²) in [6.45, 7) is 9.51. The summed E-state index contributed by atoms with van der Waals surface area (Å²) in [5.74, 6) is 0.363. The van der Waals surface area contributed by atoms with E-state index in [1.807, 2.05) is 52.4 Å². The summed E-state index contributed by atoms with van der Waals surface area (Å²) >= 11 is 1.71. The summed E-state index contributed by atoms with van der Waals surface area (Å²) in [5, 5.41) is 31.0. The van der Waals surface area contributed by atoms with Crippen molar-refractivity contribution in [3.8, 4) is 21.7 Å². The van der Waals surface area contributed by atoms with Gasteiger partial charge >= 0.3 is 18.4 Å². The van der Waals surface area contributed by atoms with Crippen LogP contribution in [-0.2, 0) is 16.0 Å². The Balaban J connectivity index is 0.000000769. The number of aryl methyl sites for hydroxylation is 1. The lowest BCUT2D eigenvalue weighted by Gasteiger charge is -2.25. The number of carbonyl (C=O) groups is 3. The van der Waals surface area contributed by atoms with Crippen LogP contribution in [0.1, 0.15) is 55.8 Å². The minimum absolute atomic E-state index is 0. The van der Waals surface area contributed by atoms with E-state index in [1.54, 1.807) is 23.3 Å². The Morgan fingerprint density at radius 2 is 1.62 bits per heavy atom. The van der Waals surface area contributed by atoms with Crippen molar-refractivity contribution < 1.29 is 44.3 Å². The summed E-state index contributed by atoms with van der Waals surface area (Å²) < 4.78 is 11.2. The molecular weight excluding hydrogens is 630 g/mol. The van der Waals surface area contributed by atoms with Crippen LogP contribution >= 0.6 is 11.3 Å². The van der Waals surface area contributed by atoms with Crippen LogP contribution in [0.4, 0.5) is 14.4 Å². The summed E-state index contributed by atoms with van der Waals surface area (Å²) in [6.07, 6.45) is 3.52. The Labute approximate surface area is 276 Å². The standard InChI is InChI=1S/C30H34N4O3S.2CH2O3.H3N/c1-19-14-22(8-11-32-19)21-6-7-24-23(15-21)16-31-17-25(24)28-33-26(18-34(5)29(35)37-30(2,3)4)27(38-28)20-9-12-36-13-10-20;2*2-1(3)4;/h6-8,11,14-17,20H,9-10,12-13,18H2,1-5H3;2*(H2,2,3,4);1H3. The first kappa shape index (κ1) is 38.3. The molecule has 0 aliphatic carbocycles. The monoisotopic (exact) mass is 671 g/mol. The van der Waals surface area contributed by atoms with Crippen LogP contribution < -0.4 is 6.15 Å². The molecule has 0 radical (unpaired) electrons. The smallest absolute Gasteiger partial charge is 0.450 e. The molecule has 1 aliphatic heterocycles. The molecule has 5 rings (SSSR count). The van der Waals surface area contributed by atoms with Gasteiger partial charge in [0.1, 0.15) is 10.6 Å². The molecule has 0 atom stereocenters. The molecule has 15 heteroatoms. The fraction of sp³-hybridized carbons (Fsp3) is 0.375. The van der Waals surface area contributed by atoms with Gasteiger partial charge in [-0.25, -0.2) is 19.4 Å². The number of carboxylic acid groups (broad SMARTS) is 4. The number of hydrogen-bond donors (Lipinski definition) is 5. The van der Waals surface area contributed by atoms with Crippen molar-refractivity contribution >= 4 is 40.5 Å². The van der Waals surface area contributed by atoms with E-state index < -0.39 is 17.9 Å². The summed E-state index contributed by atoms with van der Waals surface area (Å²) in [5.41, 5.74) is 4.62. The second-order valence-electron chi connectivity index (χ2n) is 11.4. The second-order valence-corrected chi connectivity index (χ2v) is 12.5. The Morgan fingerprint density at radius 1 is 1.00 bits per heavy atom. The van der Waals surface area contributed by atoms with Gasteiger partial charge in [0.25, 0.3) is 0 Å². The highest BCUT2D eigenvalue weighted by atomic mass is 32.1. The van der Waals surface area contributed by atoms with Crippen LogP contribution in [0.5, 0.6) is 0 Å². The Morgan fingerprint density at radius 3 is 2.21 bits per heavy atom. The maximum atomic E-state index is 12.7. The van der Waals surface area contributed by atoms with Crippen molar-refractivity contribution in [1.29, 1.82) is 0 Å². The van der Waals surface area contributed by atoms with Crippen LogP contribution in [0.15, 0.2) is 48.9 Å². The van der Waals surface area contributed by atoms with Gasteiger partial charge in [-0.05, 0) is 81.2 Å². The molecule has 4 aromatic rings. The fourth-order valence-corrected chi connectivity index (χ4v) is 6.02. The van der Waals surface area contributed by atoms with Gasteiger partial charge in [-0.3, -0.25) is 9.97 Å². The molecule has 254 valence electrons. The summed E-state index contributed by atoms with van der Waals surface area (Å²) in [4.78, 5) is 46.6. The third-order valence-electron chi connectivity index (χ3n) is 6.63. The molecule has 1 saturated heterocycles. The van der Waals surface area contributed by atoms with Crippen LogP contribution in [0, 0.1) is 6.92 Å². The minimum atomic E-state index is -1.83. The van der Waals surface area contributed by atoms with Gasteiger partial charge in [-0.1, -0.05) is 12.1 Å². The van der Waals surface area contributed by atoms with Gasteiger partial charge in [0.2, 0.25) is 0 Å². The first-order valence-corrected chi connectivity index (χ1v) is 15.1. The van der Waals surface area contributed by atoms with E-state index in [4.69, 9.17) is 44.5 Å². The molecule has 1 aromatic carbocycles. The number of fused-ring (bicyclic) bond motifs is 1. The van der Waals surface area contributed by atoms with Crippen molar-refractivity contribution in [2.24, 2.45) is 0 Å². The molecule has 4 heterocycles. The molecular formula is C32H41N5O9S. The molecule has 1 amide bonds. The molecule has 0 saturated carbocycles. The third kappa shape index (κ3) is 11.8. The topological polar surface area (TPSA) is 227 Å². The van der Waals surface area contributed by atoms with E-state index in [0.29, 0.717) is 12.5 Å². The van der Waals surface area contributed by atoms with E-state index >= 15 is 0 Å². The SMILES string of the molecule is Cc1cc(-c2ccc3c(-c4nc(CN(C)C(=O)OC(C)(C)C)c(C5CCOCC5)s4)cncc3c2)ccn1.N.O=C(O)O.O=C(O)O. The van der Waals surface area contributed by atoms with E-state index in [2.05, 4.69) is 34.2 Å². The number of nitrogens with zero attached hydrogens (tertiary/aromatic N) is 4. The lowest BCUT2D eigenvalue weighted by molar-refractivity contribution is 0.0281. The molecule has 0 unspecified atom stereocenters. The molecule has 3 aromatic heterocycles. The van der Waals surface area contributed by atoms with Gasteiger partial charge in [-0.2, -0.15) is 0 Å². The molecule has 1 fully saturated rings. The largest absolute Gasteiger partial charge is 0.503 e. The predicted molar refractivity (Wildman–Crippen MR) is 178 cm³/mol. The third-order valence-corrected chi connectivity index (χ3v) is 7.92. The summed E-state index contributed by atoms with van der Waals surface area (Å²) in [6, 6.07) is 10.6. The first-order chi connectivity index (χ1) is 21.6. The van der Waals surface area contributed by atoms with Gasteiger partial charge in [0.15, 0.2) is 0 Å². The zero-order valence-corrected chi connectivity index (χ0v) is 27.8. The number of amides is 1. The molecule has 14 nitrogen and oxygen atoms in total. The Hall–Kier alpha value is -4.86. The lowest BCUT2D eigenvalue weighted by atomic mass is 9.97. The van der Waals surface area contributed by atoms with Crippen molar-refractivity contribution in [3.05, 3.63) is 65.2 Å². The van der Waals surface area contributed by atoms with E-state index in [-0.39, 0.29) is 12.2 Å². The first-order valence-electron chi connectivity index (χ1n) is 14.3. The number of aromatic nitrogens is 3. The highest BCUT2D eigenvalue weighted by Gasteiger charge is 2.27. The van der Waals surface area contributed by atoms with E-state index in [0.717, 1.165) is 69.9 Å². The van der Waals surface area contributed by atoms with Crippen molar-refractivity contribution in [2.75, 3.05) is 20.3 Å². The normalized spacial score (nSPS) is 12.8. The van der Waals surface area contributed by atoms with Crippen LogP contribution in [0.25, 0.3) is 32.5 Å². The van der Waals surface area contributed by atoms with Crippen LogP contribution in [0.3, 0.4) is 0 Å². The van der Waals surface area contributed by atoms with E-state index in [9.17, 15) is 4.79 Å². The quantitative estimate of drug-likeness (QED) is 0.138. The number of pyridine rings is 2. The number of carbonyl (C=O) groups excluding carboxylic acids is 1. The average molecular weight is 672 g/mol. The molecule has 0 spiro atoms. The second kappa shape index (κ2) is 17.2. The zero-order chi connectivity index (χ0) is 34.0. The van der Waals surface area contributed by atoms with Crippen molar-refractivity contribution in [1.82, 2.24) is 26.0 Å². The van der Waals surface area contributed by atoms with E-state index in [1.165, 1.54) is 4.88 Å². The highest BCUT2D eigenvalue weighted by Crippen LogP contribution is 2.40. The van der Waals surface area contributed by atoms with Gasteiger partial charge in [0, 0.05) is 60.4 Å². The predicted octanol–water partition coefficient (Wildman–Crippen LogP) is 7.60. The molecule has 7 N–H and O–H groups in total. The lowest BCUT2D eigenvalue weighted by Crippen LogP contribution is -2.34. The van der Waals surface area contributed by atoms with Crippen LogP contribution in [-0.4, -0.2) is 84.5 Å². The average Bonchev–Trinajstić information content (AvgIpc) is 3.39. The number of thiazole rings is 1. The van der Waals surface area contributed by atoms with Crippen molar-refractivity contribution in [2.45, 2.75) is 58.6 Å². The number of hydrogen-bond acceptors (Lipinski definition) is 10. The number of benzene rings is 1. The maximum Gasteiger partial charge on any atom is 0.503 e. The highest BCUT2D eigenvalue weighted by molar-refractivity contribution is 7.15. The van der Waals surface area contributed by atoms with Crippen molar-refractivity contribution in [3.63, 3.8) is 0 Å². The molecule has 0 bridgehead atoms. The Kier molecular flexibility index (Phi) is 14.0. The Bertz CT molecular complexity index is 1650. The molecule has 47 heavy (non-hydrogen) atoms. The number of ether oxygens (including phenoxy) is 2.